The van der Waals surface area contributed by atoms with Crippen LogP contribution in [0.5, 0.6) is 0 Å². The van der Waals surface area contributed by atoms with Crippen molar-refractivity contribution in [3.8, 4) is 0 Å². The van der Waals surface area contributed by atoms with Gasteiger partial charge in [0.1, 0.15) is 0 Å². The minimum Gasteiger partial charge on any atom is -0.385 e. The number of fused-ring (bicyclic) bond motifs is 1. The summed E-state index contributed by atoms with van der Waals surface area (Å²) in [5, 5.41) is 3.80. The molecule has 0 radical (unpaired) electrons. The van der Waals surface area contributed by atoms with Crippen molar-refractivity contribution < 1.29 is 4.79 Å². The fourth-order valence-corrected chi connectivity index (χ4v) is 1.83. The topological polar surface area (TPSA) is 29.1 Å². The van der Waals surface area contributed by atoms with Crippen molar-refractivity contribution in [1.82, 2.24) is 0 Å². The molecule has 1 N–H and O–H groups in total. The maximum absolute atomic E-state index is 10.6. The quantitative estimate of drug-likeness (QED) is 0.698. The van der Waals surface area contributed by atoms with Gasteiger partial charge < -0.3 is 5.32 Å². The van der Waals surface area contributed by atoms with Gasteiger partial charge in [-0.3, -0.25) is 4.79 Å². The van der Waals surface area contributed by atoms with Crippen LogP contribution in [-0.4, -0.2) is 12.8 Å². The van der Waals surface area contributed by atoms with E-state index in [4.69, 9.17) is 11.6 Å². The van der Waals surface area contributed by atoms with Crippen molar-refractivity contribution in [2.75, 3.05) is 11.9 Å². The fraction of sp³-hybridized carbons (Fsp3) is 0.300. The molecule has 1 aliphatic heterocycles. The van der Waals surface area contributed by atoms with Gasteiger partial charge in [0.05, 0.1) is 5.02 Å². The van der Waals surface area contributed by atoms with Crippen molar-refractivity contribution in [2.45, 2.75) is 12.8 Å². The number of anilines is 1. The zero-order chi connectivity index (χ0) is 9.26. The van der Waals surface area contributed by atoms with Crippen LogP contribution in [0.15, 0.2) is 12.1 Å². The lowest BCUT2D eigenvalue weighted by Crippen LogP contribution is -2.12. The molecule has 2 nitrogen and oxygen atoms in total. The maximum atomic E-state index is 10.6. The smallest absolute Gasteiger partial charge is 0.151 e. The molecule has 3 heteroatoms. The average Bonchev–Trinajstić information content (AvgIpc) is 2.17. The summed E-state index contributed by atoms with van der Waals surface area (Å²) in [5.74, 6) is 0. The first-order valence-electron chi connectivity index (χ1n) is 4.33. The van der Waals surface area contributed by atoms with E-state index in [1.165, 1.54) is 5.56 Å². The lowest BCUT2D eigenvalue weighted by atomic mass is 10.0. The lowest BCUT2D eigenvalue weighted by molar-refractivity contribution is 0.112. The van der Waals surface area contributed by atoms with E-state index in [-0.39, 0.29) is 0 Å². The van der Waals surface area contributed by atoms with Gasteiger partial charge in [-0.05, 0) is 30.5 Å². The van der Waals surface area contributed by atoms with Gasteiger partial charge >= 0.3 is 0 Å². The first-order valence-corrected chi connectivity index (χ1v) is 4.70. The molecule has 0 spiro atoms. The second-order valence-electron chi connectivity index (χ2n) is 3.18. The van der Waals surface area contributed by atoms with Crippen LogP contribution >= 0.6 is 11.6 Å². The Kier molecular flexibility index (Phi) is 2.23. The highest BCUT2D eigenvalue weighted by atomic mass is 35.5. The van der Waals surface area contributed by atoms with Crippen LogP contribution in [0.25, 0.3) is 0 Å². The number of benzene rings is 1. The standard InChI is InChI=1S/C10H10ClNO/c11-9-4-7-2-1-3-12-10(7)5-8(9)6-13/h4-6,12H,1-3H2. The van der Waals surface area contributed by atoms with Gasteiger partial charge in [0.25, 0.3) is 0 Å². The molecule has 0 amide bonds. The number of aryl methyl sites for hydroxylation is 1. The molecule has 0 atom stereocenters. The van der Waals surface area contributed by atoms with Crippen LogP contribution in [-0.2, 0) is 6.42 Å². The van der Waals surface area contributed by atoms with E-state index in [1.54, 1.807) is 0 Å². The minimum absolute atomic E-state index is 0.553. The van der Waals surface area contributed by atoms with Gasteiger partial charge in [0.2, 0.25) is 0 Å². The number of rotatable bonds is 1. The van der Waals surface area contributed by atoms with Crippen LogP contribution in [0.3, 0.4) is 0 Å². The summed E-state index contributed by atoms with van der Waals surface area (Å²) in [7, 11) is 0. The van der Waals surface area contributed by atoms with Gasteiger partial charge in [0, 0.05) is 17.8 Å². The van der Waals surface area contributed by atoms with Gasteiger partial charge in [-0.1, -0.05) is 11.6 Å². The van der Waals surface area contributed by atoms with E-state index in [0.717, 1.165) is 31.4 Å². The Morgan fingerprint density at radius 2 is 2.31 bits per heavy atom. The summed E-state index contributed by atoms with van der Waals surface area (Å²) in [6, 6.07) is 3.70. The highest BCUT2D eigenvalue weighted by molar-refractivity contribution is 6.33. The number of nitrogens with one attached hydrogen (secondary N) is 1. The highest BCUT2D eigenvalue weighted by Gasteiger charge is 2.11. The third-order valence-corrected chi connectivity index (χ3v) is 2.62. The van der Waals surface area contributed by atoms with E-state index < -0.39 is 0 Å². The number of hydrogen-bond donors (Lipinski definition) is 1. The molecule has 1 aromatic rings. The molecule has 1 heterocycles. The Bertz CT molecular complexity index is 349. The van der Waals surface area contributed by atoms with Crippen LogP contribution in [0.4, 0.5) is 5.69 Å². The molecule has 1 aliphatic rings. The molecule has 0 saturated heterocycles. The van der Waals surface area contributed by atoms with Gasteiger partial charge in [0.15, 0.2) is 6.29 Å². The molecule has 0 saturated carbocycles. The highest BCUT2D eigenvalue weighted by Crippen LogP contribution is 2.27. The van der Waals surface area contributed by atoms with Gasteiger partial charge in [-0.2, -0.15) is 0 Å². The molecule has 0 bridgehead atoms. The molecule has 0 aliphatic carbocycles. The first-order chi connectivity index (χ1) is 6.31. The summed E-state index contributed by atoms with van der Waals surface area (Å²) in [5.41, 5.74) is 2.83. The predicted octanol–water partition coefficient (Wildman–Crippen LogP) is 2.51. The second-order valence-corrected chi connectivity index (χ2v) is 3.59. The Hall–Kier alpha value is -1.02. The Balaban J connectivity index is 2.50. The minimum atomic E-state index is 0.553. The molecular formula is C10H10ClNO. The summed E-state index contributed by atoms with van der Waals surface area (Å²) < 4.78 is 0. The van der Waals surface area contributed by atoms with E-state index in [2.05, 4.69) is 5.32 Å². The Morgan fingerprint density at radius 1 is 1.46 bits per heavy atom. The SMILES string of the molecule is O=Cc1cc2c(cc1Cl)CCCN2. The van der Waals surface area contributed by atoms with Crippen molar-refractivity contribution in [3.05, 3.63) is 28.3 Å². The largest absolute Gasteiger partial charge is 0.385 e. The van der Waals surface area contributed by atoms with E-state index in [9.17, 15) is 4.79 Å². The summed E-state index contributed by atoms with van der Waals surface area (Å²) >= 11 is 5.90. The predicted molar refractivity (Wildman–Crippen MR) is 53.7 cm³/mol. The first kappa shape index (κ1) is 8.57. The van der Waals surface area contributed by atoms with Crippen molar-refractivity contribution >= 4 is 23.6 Å². The summed E-state index contributed by atoms with van der Waals surface area (Å²) in [6.07, 6.45) is 2.96. The number of halogens is 1. The average molecular weight is 196 g/mol. The normalized spacial score (nSPS) is 14.5. The molecule has 0 aromatic heterocycles. The zero-order valence-corrected chi connectivity index (χ0v) is 7.90. The Labute approximate surface area is 81.9 Å². The van der Waals surface area contributed by atoms with Crippen LogP contribution in [0.2, 0.25) is 5.02 Å². The van der Waals surface area contributed by atoms with Crippen LogP contribution < -0.4 is 5.32 Å². The summed E-state index contributed by atoms with van der Waals surface area (Å²) in [6.45, 7) is 0.979. The molecule has 13 heavy (non-hydrogen) atoms. The second kappa shape index (κ2) is 3.38. The van der Waals surface area contributed by atoms with Gasteiger partial charge in [-0.25, -0.2) is 0 Å². The van der Waals surface area contributed by atoms with Crippen LogP contribution in [0, 0.1) is 0 Å². The summed E-state index contributed by atoms with van der Waals surface area (Å²) in [4.78, 5) is 10.6. The van der Waals surface area contributed by atoms with Crippen molar-refractivity contribution in [1.29, 1.82) is 0 Å². The molecule has 0 unspecified atom stereocenters. The molecule has 2 rings (SSSR count). The molecule has 0 fully saturated rings. The third-order valence-electron chi connectivity index (χ3n) is 2.29. The van der Waals surface area contributed by atoms with E-state index >= 15 is 0 Å². The van der Waals surface area contributed by atoms with Crippen molar-refractivity contribution in [2.24, 2.45) is 0 Å². The number of aldehydes is 1. The Morgan fingerprint density at radius 3 is 3.08 bits per heavy atom. The van der Waals surface area contributed by atoms with Crippen LogP contribution in [0.1, 0.15) is 22.3 Å². The fourth-order valence-electron chi connectivity index (χ4n) is 1.59. The number of carbonyl (C=O) groups is 1. The van der Waals surface area contributed by atoms with E-state index in [0.29, 0.717) is 10.6 Å². The molecule has 1 aromatic carbocycles. The monoisotopic (exact) mass is 195 g/mol. The number of carbonyl (C=O) groups excluding carboxylic acids is 1. The maximum Gasteiger partial charge on any atom is 0.151 e. The molecular weight excluding hydrogens is 186 g/mol. The van der Waals surface area contributed by atoms with Crippen molar-refractivity contribution in [3.63, 3.8) is 0 Å². The third kappa shape index (κ3) is 1.54. The molecule has 68 valence electrons. The lowest BCUT2D eigenvalue weighted by Gasteiger charge is -2.18. The van der Waals surface area contributed by atoms with E-state index in [1.807, 2.05) is 12.1 Å². The number of hydrogen-bond acceptors (Lipinski definition) is 2. The van der Waals surface area contributed by atoms with Gasteiger partial charge in [-0.15, -0.1) is 0 Å². The zero-order valence-electron chi connectivity index (χ0n) is 7.14.